The zero-order valence-corrected chi connectivity index (χ0v) is 15.1. The van der Waals surface area contributed by atoms with Crippen LogP contribution < -0.4 is 4.90 Å². The van der Waals surface area contributed by atoms with Crippen molar-refractivity contribution in [3.63, 3.8) is 0 Å². The lowest BCUT2D eigenvalue weighted by atomic mass is 9.87. The van der Waals surface area contributed by atoms with E-state index in [4.69, 9.17) is 4.74 Å². The van der Waals surface area contributed by atoms with Crippen molar-refractivity contribution in [1.82, 2.24) is 14.9 Å². The predicted molar refractivity (Wildman–Crippen MR) is 98.4 cm³/mol. The summed E-state index contributed by atoms with van der Waals surface area (Å²) in [6.07, 6.45) is 5.45. The molecule has 1 atom stereocenters. The SMILES string of the molecule is CN(Cc1ccccc1)C1COC2(CCN(c3ncc(F)cn3)CC2)C1. The third-order valence-electron chi connectivity index (χ3n) is 5.65. The first-order valence-electron chi connectivity index (χ1n) is 9.24. The second-order valence-electron chi connectivity index (χ2n) is 7.44. The third-order valence-corrected chi connectivity index (χ3v) is 5.65. The van der Waals surface area contributed by atoms with Crippen LogP contribution in [0.15, 0.2) is 42.7 Å². The Kier molecular flexibility index (Phi) is 4.87. The van der Waals surface area contributed by atoms with Crippen LogP contribution in [0.3, 0.4) is 0 Å². The molecule has 1 aromatic carbocycles. The fourth-order valence-corrected chi connectivity index (χ4v) is 4.04. The molecular formula is C20H25FN4O. The highest BCUT2D eigenvalue weighted by atomic mass is 19.1. The Morgan fingerprint density at radius 3 is 2.58 bits per heavy atom. The van der Waals surface area contributed by atoms with E-state index in [0.29, 0.717) is 12.0 Å². The van der Waals surface area contributed by atoms with Crippen LogP contribution in [0.5, 0.6) is 0 Å². The van der Waals surface area contributed by atoms with Gasteiger partial charge < -0.3 is 9.64 Å². The van der Waals surface area contributed by atoms with E-state index in [1.54, 1.807) is 0 Å². The highest BCUT2D eigenvalue weighted by Gasteiger charge is 2.44. The van der Waals surface area contributed by atoms with Crippen molar-refractivity contribution in [3.8, 4) is 0 Å². The summed E-state index contributed by atoms with van der Waals surface area (Å²) in [6, 6.07) is 11.0. The minimum atomic E-state index is -0.398. The van der Waals surface area contributed by atoms with E-state index in [1.807, 2.05) is 0 Å². The van der Waals surface area contributed by atoms with Gasteiger partial charge in [0.2, 0.25) is 5.95 Å². The van der Waals surface area contributed by atoms with Crippen molar-refractivity contribution in [2.75, 3.05) is 31.6 Å². The van der Waals surface area contributed by atoms with E-state index in [1.165, 1.54) is 18.0 Å². The maximum Gasteiger partial charge on any atom is 0.225 e. The first-order chi connectivity index (χ1) is 12.6. The van der Waals surface area contributed by atoms with Crippen molar-refractivity contribution < 1.29 is 9.13 Å². The van der Waals surface area contributed by atoms with Crippen molar-refractivity contribution in [1.29, 1.82) is 0 Å². The number of likely N-dealkylation sites (N-methyl/N-ethyl adjacent to an activating group) is 1. The summed E-state index contributed by atoms with van der Waals surface area (Å²) in [7, 11) is 2.18. The number of hydrogen-bond donors (Lipinski definition) is 0. The first kappa shape index (κ1) is 17.4. The Balaban J connectivity index is 1.33. The number of rotatable bonds is 4. The van der Waals surface area contributed by atoms with Gasteiger partial charge in [-0.2, -0.15) is 0 Å². The average molecular weight is 356 g/mol. The molecule has 1 spiro atoms. The summed E-state index contributed by atoms with van der Waals surface area (Å²) in [5.41, 5.74) is 1.30. The molecule has 2 saturated heterocycles. The second-order valence-corrected chi connectivity index (χ2v) is 7.44. The summed E-state index contributed by atoms with van der Waals surface area (Å²) in [4.78, 5) is 12.7. The van der Waals surface area contributed by atoms with Gasteiger partial charge in [0.1, 0.15) is 0 Å². The molecule has 1 aromatic heterocycles. The van der Waals surface area contributed by atoms with Crippen molar-refractivity contribution in [2.45, 2.75) is 37.5 Å². The molecule has 2 aromatic rings. The maximum absolute atomic E-state index is 13.0. The summed E-state index contributed by atoms with van der Waals surface area (Å²) < 4.78 is 19.3. The minimum absolute atomic E-state index is 0.0356. The van der Waals surface area contributed by atoms with Gasteiger partial charge in [-0.15, -0.1) is 0 Å². The van der Waals surface area contributed by atoms with Gasteiger partial charge in [0.25, 0.3) is 0 Å². The van der Waals surface area contributed by atoms with E-state index >= 15 is 0 Å². The van der Waals surface area contributed by atoms with E-state index in [9.17, 15) is 4.39 Å². The van der Waals surface area contributed by atoms with Crippen LogP contribution in [0.2, 0.25) is 0 Å². The standard InChI is InChI=1S/C20H25FN4O/c1-24(14-16-5-3-2-4-6-16)18-11-20(26-15-18)7-9-25(10-8-20)19-22-12-17(21)13-23-19/h2-6,12-13,18H,7-11,14-15H2,1H3. The number of aromatic nitrogens is 2. The molecule has 4 rings (SSSR count). The van der Waals surface area contributed by atoms with Crippen LogP contribution in [-0.2, 0) is 11.3 Å². The number of piperidine rings is 1. The highest BCUT2D eigenvalue weighted by Crippen LogP contribution is 2.38. The smallest absolute Gasteiger partial charge is 0.225 e. The van der Waals surface area contributed by atoms with Crippen LogP contribution in [0.4, 0.5) is 10.3 Å². The molecular weight excluding hydrogens is 331 g/mol. The molecule has 0 radical (unpaired) electrons. The van der Waals surface area contributed by atoms with Gasteiger partial charge in [-0.3, -0.25) is 4.90 Å². The van der Waals surface area contributed by atoms with Crippen LogP contribution in [0, 0.1) is 5.82 Å². The van der Waals surface area contributed by atoms with Gasteiger partial charge in [0.15, 0.2) is 5.82 Å². The zero-order valence-electron chi connectivity index (χ0n) is 15.1. The fourth-order valence-electron chi connectivity index (χ4n) is 4.04. The number of hydrogen-bond acceptors (Lipinski definition) is 5. The Hall–Kier alpha value is -2.05. The fraction of sp³-hybridized carbons (Fsp3) is 0.500. The average Bonchev–Trinajstić information content (AvgIpc) is 3.08. The third kappa shape index (κ3) is 3.71. The summed E-state index contributed by atoms with van der Waals surface area (Å²) in [6.45, 7) is 3.43. The Morgan fingerprint density at radius 2 is 1.88 bits per heavy atom. The summed E-state index contributed by atoms with van der Waals surface area (Å²) in [5, 5.41) is 0. The Bertz CT molecular complexity index is 716. The molecule has 138 valence electrons. The monoisotopic (exact) mass is 356 g/mol. The van der Waals surface area contributed by atoms with Crippen LogP contribution in [0.1, 0.15) is 24.8 Å². The van der Waals surface area contributed by atoms with E-state index in [2.05, 4.69) is 57.1 Å². The van der Waals surface area contributed by atoms with E-state index < -0.39 is 5.82 Å². The Morgan fingerprint density at radius 1 is 1.19 bits per heavy atom. The van der Waals surface area contributed by atoms with Crippen molar-refractivity contribution in [3.05, 3.63) is 54.1 Å². The molecule has 2 fully saturated rings. The lowest BCUT2D eigenvalue weighted by Gasteiger charge is -2.38. The molecule has 2 aliphatic heterocycles. The van der Waals surface area contributed by atoms with Gasteiger partial charge in [-0.05, 0) is 31.9 Å². The molecule has 26 heavy (non-hydrogen) atoms. The van der Waals surface area contributed by atoms with E-state index in [-0.39, 0.29) is 5.60 Å². The molecule has 0 aliphatic carbocycles. The largest absolute Gasteiger partial charge is 0.373 e. The quantitative estimate of drug-likeness (QED) is 0.843. The number of halogens is 1. The van der Waals surface area contributed by atoms with Gasteiger partial charge in [-0.25, -0.2) is 14.4 Å². The first-order valence-corrected chi connectivity index (χ1v) is 9.24. The second kappa shape index (κ2) is 7.29. The topological polar surface area (TPSA) is 41.5 Å². The van der Waals surface area contributed by atoms with Gasteiger partial charge in [0.05, 0.1) is 24.6 Å². The maximum atomic E-state index is 13.0. The van der Waals surface area contributed by atoms with Crippen LogP contribution in [0.25, 0.3) is 0 Å². The lowest BCUT2D eigenvalue weighted by molar-refractivity contribution is -0.0159. The molecule has 0 amide bonds. The molecule has 2 aliphatic rings. The van der Waals surface area contributed by atoms with E-state index in [0.717, 1.165) is 45.5 Å². The molecule has 3 heterocycles. The molecule has 1 unspecified atom stereocenters. The van der Waals surface area contributed by atoms with Gasteiger partial charge >= 0.3 is 0 Å². The molecule has 0 bridgehead atoms. The highest BCUT2D eigenvalue weighted by molar-refractivity contribution is 5.30. The normalized spacial score (nSPS) is 22.3. The van der Waals surface area contributed by atoms with Crippen LogP contribution in [-0.4, -0.2) is 53.3 Å². The molecule has 5 nitrogen and oxygen atoms in total. The number of benzene rings is 1. The number of nitrogens with zero attached hydrogens (tertiary/aromatic N) is 4. The zero-order chi connectivity index (χ0) is 18.0. The number of ether oxygens (including phenoxy) is 1. The van der Waals surface area contributed by atoms with Crippen molar-refractivity contribution >= 4 is 5.95 Å². The molecule has 0 saturated carbocycles. The molecule has 6 heteroatoms. The van der Waals surface area contributed by atoms with Crippen LogP contribution >= 0.6 is 0 Å². The molecule has 0 N–H and O–H groups in total. The lowest BCUT2D eigenvalue weighted by Crippen LogP contribution is -2.45. The van der Waals surface area contributed by atoms with Gasteiger partial charge in [-0.1, -0.05) is 30.3 Å². The number of anilines is 1. The predicted octanol–water partition coefficient (Wildman–Crippen LogP) is 2.88. The summed E-state index contributed by atoms with van der Waals surface area (Å²) in [5.74, 6) is 0.211. The Labute approximate surface area is 153 Å². The van der Waals surface area contributed by atoms with Gasteiger partial charge in [0, 0.05) is 25.7 Å². The summed E-state index contributed by atoms with van der Waals surface area (Å²) >= 11 is 0. The van der Waals surface area contributed by atoms with Crippen molar-refractivity contribution in [2.24, 2.45) is 0 Å². The minimum Gasteiger partial charge on any atom is -0.373 e.